The van der Waals surface area contributed by atoms with Gasteiger partial charge >= 0.3 is 14.3 Å². The Hall–Kier alpha value is -3.05. The number of ether oxygens (including phenoxy) is 2. The molecule has 0 amide bonds. The molecule has 0 saturated heterocycles. The molecule has 4 nitrogen and oxygen atoms in total. The average Bonchev–Trinajstić information content (AvgIpc) is 2.77. The first-order valence-corrected chi connectivity index (χ1v) is 12.6. The number of esters is 1. The van der Waals surface area contributed by atoms with E-state index in [-0.39, 0.29) is 5.04 Å². The van der Waals surface area contributed by atoms with E-state index in [2.05, 4.69) is 45.0 Å². The van der Waals surface area contributed by atoms with E-state index in [1.165, 1.54) is 7.11 Å². The van der Waals surface area contributed by atoms with E-state index in [4.69, 9.17) is 13.9 Å². The van der Waals surface area contributed by atoms with Crippen LogP contribution in [0.3, 0.4) is 0 Å². The molecule has 0 heterocycles. The highest BCUT2D eigenvalue weighted by Crippen LogP contribution is 2.41. The minimum Gasteiger partial charge on any atom is -0.533 e. The number of rotatable bonds is 6. The maximum absolute atomic E-state index is 12.9. The number of hydrogen-bond acceptors (Lipinski definition) is 4. The third kappa shape index (κ3) is 4.05. The zero-order valence-electron chi connectivity index (χ0n) is 20.0. The maximum Gasteiger partial charge on any atom is 0.342 e. The Morgan fingerprint density at radius 3 is 1.75 bits per heavy atom. The zero-order valence-corrected chi connectivity index (χ0v) is 21.0. The highest BCUT2D eigenvalue weighted by molar-refractivity contribution is 7.00. The molecule has 3 rings (SSSR count). The third-order valence-corrected chi connectivity index (χ3v) is 10.9. The number of methoxy groups -OCH3 is 2. The highest BCUT2D eigenvalue weighted by atomic mass is 28.4. The SMILES string of the molecule is COC(=O)c1c(O[Si](c2ccccc2)(c2ccccc2)C(C)(C)C)cc(C)c(OC)c1C. The fourth-order valence-corrected chi connectivity index (χ4v) is 8.91. The molecular weight excluding hydrogens is 416 g/mol. The first kappa shape index (κ1) is 23.6. The number of carbonyl (C=O) groups excluding carboxylic acids is 1. The predicted octanol–water partition coefficient (Wildman–Crippen LogP) is 5.04. The first-order valence-electron chi connectivity index (χ1n) is 10.7. The summed E-state index contributed by atoms with van der Waals surface area (Å²) in [6, 6.07) is 22.6. The lowest BCUT2D eigenvalue weighted by molar-refractivity contribution is 0.0597. The molecule has 0 aromatic heterocycles. The lowest BCUT2D eigenvalue weighted by Crippen LogP contribution is -2.69. The Balaban J connectivity index is 2.38. The minimum atomic E-state index is -2.90. The Labute approximate surface area is 192 Å². The van der Waals surface area contributed by atoms with Crippen LogP contribution < -0.4 is 19.5 Å². The van der Waals surface area contributed by atoms with Crippen molar-refractivity contribution in [1.82, 2.24) is 0 Å². The number of hydrogen-bond donors (Lipinski definition) is 0. The van der Waals surface area contributed by atoms with Gasteiger partial charge < -0.3 is 13.9 Å². The largest absolute Gasteiger partial charge is 0.533 e. The lowest BCUT2D eigenvalue weighted by Gasteiger charge is -2.43. The summed E-state index contributed by atoms with van der Waals surface area (Å²) in [6.07, 6.45) is 0. The minimum absolute atomic E-state index is 0.231. The maximum atomic E-state index is 12.9. The van der Waals surface area contributed by atoms with E-state index in [0.29, 0.717) is 22.6 Å². The normalized spacial score (nSPS) is 11.7. The van der Waals surface area contributed by atoms with Gasteiger partial charge in [-0.1, -0.05) is 81.4 Å². The molecule has 0 saturated carbocycles. The van der Waals surface area contributed by atoms with E-state index >= 15 is 0 Å². The first-order chi connectivity index (χ1) is 15.2. The second kappa shape index (κ2) is 9.21. The van der Waals surface area contributed by atoms with Gasteiger partial charge in [-0.3, -0.25) is 0 Å². The average molecular weight is 449 g/mol. The molecular formula is C27H32O4Si. The summed E-state index contributed by atoms with van der Waals surface area (Å²) in [6.45, 7) is 10.5. The van der Waals surface area contributed by atoms with Crippen molar-refractivity contribution >= 4 is 24.7 Å². The highest BCUT2D eigenvalue weighted by Gasteiger charge is 2.52. The Kier molecular flexibility index (Phi) is 6.79. The van der Waals surface area contributed by atoms with Gasteiger partial charge in [0.25, 0.3) is 0 Å². The van der Waals surface area contributed by atoms with Crippen LogP contribution in [-0.2, 0) is 4.74 Å². The predicted molar refractivity (Wildman–Crippen MR) is 132 cm³/mol. The molecule has 0 bridgehead atoms. The number of aryl methyl sites for hydroxylation is 1. The topological polar surface area (TPSA) is 44.8 Å². The molecule has 5 heteroatoms. The van der Waals surface area contributed by atoms with Gasteiger partial charge in [-0.15, -0.1) is 0 Å². The number of carbonyl (C=O) groups is 1. The van der Waals surface area contributed by atoms with Crippen LogP contribution in [0.4, 0.5) is 0 Å². The van der Waals surface area contributed by atoms with Crippen molar-refractivity contribution in [3.8, 4) is 11.5 Å². The van der Waals surface area contributed by atoms with E-state index in [1.54, 1.807) is 7.11 Å². The van der Waals surface area contributed by atoms with Crippen LogP contribution in [-0.4, -0.2) is 28.5 Å². The van der Waals surface area contributed by atoms with Gasteiger partial charge in [0.1, 0.15) is 17.1 Å². The number of benzene rings is 3. The standard InChI is InChI=1S/C27H32O4Si/c1-19-18-23(24(26(28)30-7)20(2)25(19)29-6)31-32(27(3,4)5,21-14-10-8-11-15-21)22-16-12-9-13-17-22/h8-18H,1-7H3. The molecule has 3 aromatic rings. The van der Waals surface area contributed by atoms with E-state index in [0.717, 1.165) is 15.9 Å². The Morgan fingerprint density at radius 2 is 1.34 bits per heavy atom. The summed E-state index contributed by atoms with van der Waals surface area (Å²) in [5.74, 6) is 0.760. The second-order valence-electron chi connectivity index (χ2n) is 8.98. The molecule has 0 unspecified atom stereocenters. The van der Waals surface area contributed by atoms with Crippen molar-refractivity contribution in [3.05, 3.63) is 83.4 Å². The quantitative estimate of drug-likeness (QED) is 0.392. The summed E-state index contributed by atoms with van der Waals surface area (Å²) in [4.78, 5) is 12.9. The van der Waals surface area contributed by atoms with Gasteiger partial charge in [0.15, 0.2) is 0 Å². The van der Waals surface area contributed by atoms with Crippen molar-refractivity contribution in [3.63, 3.8) is 0 Å². The monoisotopic (exact) mass is 448 g/mol. The summed E-state index contributed by atoms with van der Waals surface area (Å²) in [5, 5.41) is 2.05. The van der Waals surface area contributed by atoms with E-state index in [9.17, 15) is 4.79 Å². The molecule has 0 atom stereocenters. The smallest absolute Gasteiger partial charge is 0.342 e. The van der Waals surface area contributed by atoms with Crippen molar-refractivity contribution in [2.24, 2.45) is 0 Å². The van der Waals surface area contributed by atoms with Crippen LogP contribution in [0.5, 0.6) is 11.5 Å². The molecule has 168 valence electrons. The van der Waals surface area contributed by atoms with Crippen LogP contribution >= 0.6 is 0 Å². The molecule has 0 spiro atoms. The van der Waals surface area contributed by atoms with Crippen LogP contribution in [0, 0.1) is 13.8 Å². The summed E-state index contributed by atoms with van der Waals surface area (Å²) >= 11 is 0. The Morgan fingerprint density at radius 1 is 0.844 bits per heavy atom. The van der Waals surface area contributed by atoms with Crippen molar-refractivity contribution in [1.29, 1.82) is 0 Å². The Bertz CT molecular complexity index is 1050. The molecule has 0 radical (unpaired) electrons. The molecule has 0 aliphatic rings. The van der Waals surface area contributed by atoms with Gasteiger partial charge in [0, 0.05) is 5.56 Å². The second-order valence-corrected chi connectivity index (χ2v) is 13.2. The van der Waals surface area contributed by atoms with Crippen molar-refractivity contribution < 1.29 is 18.7 Å². The molecule has 0 fully saturated rings. The van der Waals surface area contributed by atoms with Gasteiger partial charge in [-0.05, 0) is 40.9 Å². The van der Waals surface area contributed by atoms with Gasteiger partial charge in [0.2, 0.25) is 0 Å². The van der Waals surface area contributed by atoms with Crippen LogP contribution in [0.2, 0.25) is 5.04 Å². The summed E-state index contributed by atoms with van der Waals surface area (Å²) in [5.41, 5.74) is 2.03. The molecule has 3 aromatic carbocycles. The van der Waals surface area contributed by atoms with Crippen LogP contribution in [0.1, 0.15) is 42.3 Å². The van der Waals surface area contributed by atoms with E-state index < -0.39 is 14.3 Å². The fourth-order valence-electron chi connectivity index (χ4n) is 4.49. The zero-order chi connectivity index (χ0) is 23.5. The fraction of sp³-hybridized carbons (Fsp3) is 0.296. The van der Waals surface area contributed by atoms with Crippen molar-refractivity contribution in [2.75, 3.05) is 14.2 Å². The van der Waals surface area contributed by atoms with Gasteiger partial charge in [-0.25, -0.2) is 4.79 Å². The summed E-state index contributed by atoms with van der Waals surface area (Å²) in [7, 11) is 0.0976. The summed E-state index contributed by atoms with van der Waals surface area (Å²) < 4.78 is 17.9. The molecule has 0 aliphatic carbocycles. The van der Waals surface area contributed by atoms with Gasteiger partial charge in [0.05, 0.1) is 14.2 Å². The molecule has 0 N–H and O–H groups in total. The molecule has 32 heavy (non-hydrogen) atoms. The third-order valence-electron chi connectivity index (χ3n) is 5.94. The van der Waals surface area contributed by atoms with E-state index in [1.807, 2.05) is 56.3 Å². The van der Waals surface area contributed by atoms with Crippen LogP contribution in [0.15, 0.2) is 66.7 Å². The van der Waals surface area contributed by atoms with Crippen LogP contribution in [0.25, 0.3) is 0 Å². The lowest BCUT2D eigenvalue weighted by atomic mass is 10.0. The molecule has 0 aliphatic heterocycles. The van der Waals surface area contributed by atoms with Crippen molar-refractivity contribution in [2.45, 2.75) is 39.7 Å². The van der Waals surface area contributed by atoms with Gasteiger partial charge in [-0.2, -0.15) is 0 Å².